The molecule has 3 nitrogen and oxygen atoms in total. The van der Waals surface area contributed by atoms with E-state index in [4.69, 9.17) is 5.73 Å². The molecule has 3 N–H and O–H groups in total. The lowest BCUT2D eigenvalue weighted by molar-refractivity contribution is -0.152. The van der Waals surface area contributed by atoms with Gasteiger partial charge < -0.3 is 10.8 Å². The largest absolute Gasteiger partial charge is 0.481 e. The number of hydrogen-bond acceptors (Lipinski definition) is 2. The maximum atomic E-state index is 11.2. The smallest absolute Gasteiger partial charge is 0.309 e. The van der Waals surface area contributed by atoms with Crippen LogP contribution in [0.25, 0.3) is 0 Å². The van der Waals surface area contributed by atoms with E-state index in [0.29, 0.717) is 12.5 Å². The molecule has 0 aromatic rings. The lowest BCUT2D eigenvalue weighted by atomic mass is 9.68. The van der Waals surface area contributed by atoms with Crippen molar-refractivity contribution in [2.75, 3.05) is 6.54 Å². The van der Waals surface area contributed by atoms with Gasteiger partial charge in [-0.25, -0.2) is 0 Å². The number of carbonyl (C=O) groups is 1. The van der Waals surface area contributed by atoms with Crippen molar-refractivity contribution in [3.05, 3.63) is 0 Å². The van der Waals surface area contributed by atoms with Crippen molar-refractivity contribution in [2.45, 2.75) is 45.4 Å². The topological polar surface area (TPSA) is 63.3 Å². The Balaban J connectivity index is 2.59. The zero-order chi connectivity index (χ0) is 10.6. The maximum absolute atomic E-state index is 11.2. The summed E-state index contributed by atoms with van der Waals surface area (Å²) in [6.07, 6.45) is 5.39. The van der Waals surface area contributed by atoms with E-state index in [-0.39, 0.29) is 0 Å². The third-order valence-electron chi connectivity index (χ3n) is 3.58. The van der Waals surface area contributed by atoms with Crippen LogP contribution in [0, 0.1) is 11.3 Å². The Morgan fingerprint density at radius 3 is 2.43 bits per heavy atom. The normalized spacial score (nSPS) is 32.9. The van der Waals surface area contributed by atoms with E-state index >= 15 is 0 Å². The summed E-state index contributed by atoms with van der Waals surface area (Å²) in [5, 5.41) is 9.25. The third-order valence-corrected chi connectivity index (χ3v) is 3.58. The molecule has 0 amide bonds. The molecule has 1 aliphatic rings. The fraction of sp³-hybridized carbons (Fsp3) is 0.909. The molecule has 0 unspecified atom stereocenters. The van der Waals surface area contributed by atoms with E-state index in [2.05, 4.69) is 6.92 Å². The first-order valence-corrected chi connectivity index (χ1v) is 5.58. The predicted molar refractivity (Wildman–Crippen MR) is 56.0 cm³/mol. The van der Waals surface area contributed by atoms with Crippen molar-refractivity contribution in [3.8, 4) is 0 Å². The van der Waals surface area contributed by atoms with Gasteiger partial charge in [0.05, 0.1) is 5.41 Å². The summed E-state index contributed by atoms with van der Waals surface area (Å²) >= 11 is 0. The number of rotatable bonds is 4. The Kier molecular flexibility index (Phi) is 3.93. The number of hydrogen-bond donors (Lipinski definition) is 2. The summed E-state index contributed by atoms with van der Waals surface area (Å²) in [5.41, 5.74) is 5.16. The van der Waals surface area contributed by atoms with Gasteiger partial charge >= 0.3 is 5.97 Å². The number of nitrogens with two attached hydrogens (primary N) is 1. The van der Waals surface area contributed by atoms with E-state index in [9.17, 15) is 9.90 Å². The van der Waals surface area contributed by atoms with E-state index in [1.165, 1.54) is 0 Å². The second-order valence-corrected chi connectivity index (χ2v) is 4.51. The first-order valence-electron chi connectivity index (χ1n) is 5.58. The molecule has 0 aromatic heterocycles. The van der Waals surface area contributed by atoms with E-state index in [0.717, 1.165) is 38.5 Å². The molecular formula is C11H21NO2. The molecule has 0 spiro atoms. The highest BCUT2D eigenvalue weighted by molar-refractivity contribution is 5.74. The summed E-state index contributed by atoms with van der Waals surface area (Å²) in [5.74, 6) is -0.0471. The van der Waals surface area contributed by atoms with Gasteiger partial charge in [0.1, 0.15) is 0 Å². The molecule has 1 rings (SSSR count). The van der Waals surface area contributed by atoms with Crippen LogP contribution in [0.3, 0.4) is 0 Å². The lowest BCUT2D eigenvalue weighted by Gasteiger charge is -2.36. The van der Waals surface area contributed by atoms with Crippen LogP contribution in [0.15, 0.2) is 0 Å². The molecule has 1 fully saturated rings. The second-order valence-electron chi connectivity index (χ2n) is 4.51. The molecular weight excluding hydrogens is 178 g/mol. The van der Waals surface area contributed by atoms with Crippen LogP contribution in [-0.2, 0) is 4.79 Å². The van der Waals surface area contributed by atoms with Gasteiger partial charge in [-0.3, -0.25) is 4.79 Å². The molecule has 0 bridgehead atoms. The van der Waals surface area contributed by atoms with Gasteiger partial charge in [-0.1, -0.05) is 13.3 Å². The molecule has 14 heavy (non-hydrogen) atoms. The van der Waals surface area contributed by atoms with Crippen molar-refractivity contribution in [1.82, 2.24) is 0 Å². The summed E-state index contributed by atoms with van der Waals surface area (Å²) in [4.78, 5) is 11.2. The standard InChI is InChI=1S/C11H21NO2/c1-2-5-11(10(13)14)6-3-9(8-12)4-7-11/h9H,2-8,12H2,1H3,(H,13,14). The van der Waals surface area contributed by atoms with Crippen LogP contribution < -0.4 is 5.73 Å². The minimum Gasteiger partial charge on any atom is -0.481 e. The number of carboxylic acids is 1. The first-order chi connectivity index (χ1) is 6.64. The molecule has 1 aliphatic carbocycles. The molecule has 1 saturated carbocycles. The molecule has 0 radical (unpaired) electrons. The van der Waals surface area contributed by atoms with Crippen LogP contribution in [0.5, 0.6) is 0 Å². The van der Waals surface area contributed by atoms with Gasteiger partial charge in [0.25, 0.3) is 0 Å². The quantitative estimate of drug-likeness (QED) is 0.728. The van der Waals surface area contributed by atoms with Crippen molar-refractivity contribution in [3.63, 3.8) is 0 Å². The fourth-order valence-corrected chi connectivity index (χ4v) is 2.52. The summed E-state index contributed by atoms with van der Waals surface area (Å²) in [7, 11) is 0. The number of carboxylic acid groups (broad SMARTS) is 1. The monoisotopic (exact) mass is 199 g/mol. The summed E-state index contributed by atoms with van der Waals surface area (Å²) in [6, 6.07) is 0. The minimum absolute atomic E-state index is 0.430. The lowest BCUT2D eigenvalue weighted by Crippen LogP contribution is -2.36. The molecule has 0 aliphatic heterocycles. The molecule has 82 valence electrons. The zero-order valence-electron chi connectivity index (χ0n) is 8.96. The fourth-order valence-electron chi connectivity index (χ4n) is 2.52. The second kappa shape index (κ2) is 4.78. The van der Waals surface area contributed by atoms with Crippen molar-refractivity contribution in [1.29, 1.82) is 0 Å². The summed E-state index contributed by atoms with van der Waals surface area (Å²) < 4.78 is 0. The summed E-state index contributed by atoms with van der Waals surface area (Å²) in [6.45, 7) is 2.77. The predicted octanol–water partition coefficient (Wildman–Crippen LogP) is 2.01. The van der Waals surface area contributed by atoms with Gasteiger partial charge in [-0.2, -0.15) is 0 Å². The van der Waals surface area contributed by atoms with Gasteiger partial charge in [-0.05, 0) is 44.6 Å². The van der Waals surface area contributed by atoms with E-state index in [1.54, 1.807) is 0 Å². The number of aliphatic carboxylic acids is 1. The average Bonchev–Trinajstić information content (AvgIpc) is 2.19. The zero-order valence-corrected chi connectivity index (χ0v) is 8.96. The Bertz CT molecular complexity index is 195. The van der Waals surface area contributed by atoms with Crippen molar-refractivity contribution in [2.24, 2.45) is 17.1 Å². The Labute approximate surface area is 85.7 Å². The highest BCUT2D eigenvalue weighted by Gasteiger charge is 2.40. The Morgan fingerprint density at radius 1 is 1.50 bits per heavy atom. The van der Waals surface area contributed by atoms with Gasteiger partial charge in [-0.15, -0.1) is 0 Å². The van der Waals surface area contributed by atoms with Gasteiger partial charge in [0.15, 0.2) is 0 Å². The molecule has 0 atom stereocenters. The molecule has 3 heteroatoms. The first kappa shape index (κ1) is 11.5. The van der Waals surface area contributed by atoms with Crippen molar-refractivity contribution < 1.29 is 9.90 Å². The van der Waals surface area contributed by atoms with Crippen molar-refractivity contribution >= 4 is 5.97 Å². The third kappa shape index (κ3) is 2.27. The molecule has 0 heterocycles. The SMILES string of the molecule is CCCC1(C(=O)O)CCC(CN)CC1. The molecule has 0 saturated heterocycles. The van der Waals surface area contributed by atoms with Crippen LogP contribution >= 0.6 is 0 Å². The molecule has 0 aromatic carbocycles. The highest BCUT2D eigenvalue weighted by Crippen LogP contribution is 2.42. The minimum atomic E-state index is -0.602. The van der Waals surface area contributed by atoms with E-state index < -0.39 is 11.4 Å². The van der Waals surface area contributed by atoms with Crippen LogP contribution in [0.4, 0.5) is 0 Å². The van der Waals surface area contributed by atoms with Gasteiger partial charge in [0.2, 0.25) is 0 Å². The Hall–Kier alpha value is -0.570. The Morgan fingerprint density at radius 2 is 2.07 bits per heavy atom. The van der Waals surface area contributed by atoms with Crippen LogP contribution in [0.2, 0.25) is 0 Å². The van der Waals surface area contributed by atoms with Crippen LogP contribution in [-0.4, -0.2) is 17.6 Å². The van der Waals surface area contributed by atoms with Gasteiger partial charge in [0, 0.05) is 0 Å². The average molecular weight is 199 g/mol. The van der Waals surface area contributed by atoms with E-state index in [1.807, 2.05) is 0 Å². The maximum Gasteiger partial charge on any atom is 0.309 e. The highest BCUT2D eigenvalue weighted by atomic mass is 16.4. The van der Waals surface area contributed by atoms with Crippen LogP contribution in [0.1, 0.15) is 45.4 Å².